The van der Waals surface area contributed by atoms with Crippen LogP contribution in [0.1, 0.15) is 64.6 Å². The van der Waals surface area contributed by atoms with Gasteiger partial charge in [0.25, 0.3) is 0 Å². The van der Waals surface area contributed by atoms with E-state index in [4.69, 9.17) is 4.74 Å². The molecular weight excluding hydrogens is 686 g/mol. The highest BCUT2D eigenvalue weighted by Crippen LogP contribution is 2.50. The smallest absolute Gasteiger partial charge is 0.345 e. The van der Waals surface area contributed by atoms with Gasteiger partial charge in [0.05, 0.1) is 0 Å². The number of likely N-dealkylation sites (N-methyl/N-ethyl adjacent to an activating group) is 1. The molecule has 2 aliphatic rings. The van der Waals surface area contributed by atoms with Crippen LogP contribution in [0.15, 0.2) is 48.5 Å². The van der Waals surface area contributed by atoms with E-state index in [9.17, 15) is 55.5 Å². The molecule has 0 spiro atoms. The number of aromatic hydroxyl groups is 8. The summed E-state index contributed by atoms with van der Waals surface area (Å²) in [5, 5.41) is 96.9. The van der Waals surface area contributed by atoms with Crippen LogP contribution in [0.5, 0.6) is 46.0 Å². The lowest BCUT2D eigenvalue weighted by atomic mass is 9.81. The molecule has 0 fully saturated rings. The molecule has 0 radical (unpaired) electrons. The Hall–Kier alpha value is -6.34. The minimum absolute atomic E-state index is 0.0400. The first-order valence-electron chi connectivity index (χ1n) is 17.0. The Morgan fingerprint density at radius 3 is 2.13 bits per heavy atom. The molecule has 0 aliphatic heterocycles. The fourth-order valence-electron chi connectivity index (χ4n) is 7.23. The van der Waals surface area contributed by atoms with Gasteiger partial charge in [0.1, 0.15) is 5.75 Å². The number of fused-ring (bicyclic) bond motifs is 4. The Labute approximate surface area is 303 Å². The largest absolute Gasteiger partial charge is 0.508 e. The summed E-state index contributed by atoms with van der Waals surface area (Å²) in [7, 11) is 0. The number of ether oxygens (including phenoxy) is 1. The molecule has 13 heteroatoms. The van der Waals surface area contributed by atoms with E-state index in [1.165, 1.54) is 18.2 Å². The molecule has 13 nitrogen and oxygen atoms in total. The van der Waals surface area contributed by atoms with Crippen molar-refractivity contribution in [1.29, 1.82) is 0 Å². The van der Waals surface area contributed by atoms with E-state index in [1.807, 2.05) is 6.07 Å². The van der Waals surface area contributed by atoms with Gasteiger partial charge < -0.3 is 56.0 Å². The number of carbonyl (C=O) groups excluding carboxylic acids is 1. The van der Waals surface area contributed by atoms with Gasteiger partial charge in [-0.05, 0) is 114 Å². The molecule has 53 heavy (non-hydrogen) atoms. The van der Waals surface area contributed by atoms with Crippen LogP contribution in [0.4, 0.5) is 0 Å². The molecule has 0 saturated carbocycles. The van der Waals surface area contributed by atoms with Crippen LogP contribution in [0.25, 0.3) is 28.9 Å². The van der Waals surface area contributed by atoms with Crippen molar-refractivity contribution in [2.75, 3.05) is 13.1 Å². The van der Waals surface area contributed by atoms with E-state index in [0.29, 0.717) is 76.7 Å². The number of benzene rings is 4. The van der Waals surface area contributed by atoms with Gasteiger partial charge in [0, 0.05) is 35.2 Å². The molecule has 0 aromatic heterocycles. The van der Waals surface area contributed by atoms with Crippen molar-refractivity contribution in [3.8, 4) is 57.1 Å². The summed E-state index contributed by atoms with van der Waals surface area (Å²) in [4.78, 5) is 25.6. The zero-order valence-corrected chi connectivity index (χ0v) is 28.6. The highest BCUT2D eigenvalue weighted by Gasteiger charge is 2.34. The third-order valence-electron chi connectivity index (χ3n) is 9.81. The van der Waals surface area contributed by atoms with E-state index in [-0.39, 0.29) is 47.1 Å². The number of aliphatic carboxylic acids is 1. The van der Waals surface area contributed by atoms with Gasteiger partial charge in [-0.15, -0.1) is 0 Å². The van der Waals surface area contributed by atoms with E-state index in [1.54, 1.807) is 25.1 Å². The number of carboxylic acids is 1. The summed E-state index contributed by atoms with van der Waals surface area (Å²) < 4.78 is 5.40. The predicted octanol–water partition coefficient (Wildman–Crippen LogP) is 5.38. The van der Waals surface area contributed by atoms with Crippen molar-refractivity contribution in [3.63, 3.8) is 0 Å². The van der Waals surface area contributed by atoms with Crippen LogP contribution in [0.3, 0.4) is 0 Å². The molecule has 2 atom stereocenters. The van der Waals surface area contributed by atoms with Crippen molar-refractivity contribution >= 4 is 29.7 Å². The lowest BCUT2D eigenvalue weighted by Crippen LogP contribution is -2.38. The maximum atomic E-state index is 13.2. The van der Waals surface area contributed by atoms with Crippen molar-refractivity contribution in [1.82, 2.24) is 5.32 Å². The second-order valence-corrected chi connectivity index (χ2v) is 13.0. The van der Waals surface area contributed by atoms with Gasteiger partial charge in [-0.1, -0.05) is 25.1 Å². The maximum absolute atomic E-state index is 13.2. The average Bonchev–Trinajstić information content (AvgIpc) is 3.33. The van der Waals surface area contributed by atoms with Crippen LogP contribution in [0.2, 0.25) is 0 Å². The Bertz CT molecular complexity index is 2160. The van der Waals surface area contributed by atoms with Crippen LogP contribution in [-0.4, -0.2) is 77.1 Å². The molecule has 0 heterocycles. The fourth-order valence-corrected chi connectivity index (χ4v) is 7.23. The minimum Gasteiger partial charge on any atom is -0.508 e. The summed E-state index contributed by atoms with van der Waals surface area (Å²) >= 11 is 0. The molecule has 10 N–H and O–H groups in total. The van der Waals surface area contributed by atoms with Crippen molar-refractivity contribution < 1.29 is 60.3 Å². The molecule has 2 aliphatic carbocycles. The molecular formula is C40H39NO12. The van der Waals surface area contributed by atoms with Crippen molar-refractivity contribution in [2.45, 2.75) is 51.0 Å². The quantitative estimate of drug-likeness (QED) is 0.0562. The molecule has 276 valence electrons. The highest BCUT2D eigenvalue weighted by atomic mass is 16.6. The number of hydrogen-bond acceptors (Lipinski definition) is 12. The van der Waals surface area contributed by atoms with Gasteiger partial charge in [-0.25, -0.2) is 9.59 Å². The third kappa shape index (κ3) is 6.98. The number of phenolic OH excluding ortho intramolecular Hbond substituents is 8. The third-order valence-corrected chi connectivity index (χ3v) is 9.81. The van der Waals surface area contributed by atoms with Crippen LogP contribution >= 0.6 is 0 Å². The Balaban J connectivity index is 1.38. The van der Waals surface area contributed by atoms with E-state index in [2.05, 4.69) is 5.32 Å². The number of carboxylic acid groups (broad SMARTS) is 1. The fraction of sp³-hybridized carbons (Fsp3) is 0.250. The number of phenols is 8. The standard InChI is InChI=1S/C40H39NO12/c1-2-41-18-28(21-15-31(44)38(50)32(45)16-21)39(40(51)52)53-34(47)12-10-20-14-30(43)36(48)24-11-9-19(13-26(20)24)27-17-33(46)37(49)25-7-3-5-22-23(35(25)27)6-4-8-29(22)42/h4,6,8,10,12-17,28,39,41-46,48-50H,2-3,5,7,9,11,18H2,1H3,(H,51,52)/t28-,39+/m0/s1. The topological polar surface area (TPSA) is 237 Å². The zero-order chi connectivity index (χ0) is 38.1. The number of carbonyl (C=O) groups is 2. The van der Waals surface area contributed by atoms with Gasteiger partial charge in [-0.2, -0.15) is 0 Å². The number of allylic oxidation sites excluding steroid dienone is 1. The van der Waals surface area contributed by atoms with Gasteiger partial charge in [0.2, 0.25) is 6.10 Å². The Kier molecular flexibility index (Phi) is 10.1. The van der Waals surface area contributed by atoms with Crippen molar-refractivity contribution in [2.24, 2.45) is 0 Å². The molecule has 6 rings (SSSR count). The zero-order valence-electron chi connectivity index (χ0n) is 28.6. The summed E-state index contributed by atoms with van der Waals surface area (Å²) in [6.07, 6.45) is 4.43. The van der Waals surface area contributed by atoms with E-state index < -0.39 is 47.0 Å². The number of nitrogens with one attached hydrogen (secondary N) is 1. The lowest BCUT2D eigenvalue weighted by molar-refractivity contribution is -0.162. The average molecular weight is 726 g/mol. The van der Waals surface area contributed by atoms with Crippen LogP contribution < -0.4 is 5.32 Å². The first-order valence-corrected chi connectivity index (χ1v) is 17.0. The first kappa shape index (κ1) is 36.5. The van der Waals surface area contributed by atoms with E-state index >= 15 is 0 Å². The summed E-state index contributed by atoms with van der Waals surface area (Å²) in [6.45, 7) is 2.14. The van der Waals surface area contributed by atoms with Crippen molar-refractivity contribution in [3.05, 3.63) is 87.5 Å². The second-order valence-electron chi connectivity index (χ2n) is 13.0. The summed E-state index contributed by atoms with van der Waals surface area (Å²) in [5.74, 6) is -7.11. The van der Waals surface area contributed by atoms with E-state index in [0.717, 1.165) is 18.2 Å². The van der Waals surface area contributed by atoms with Crippen LogP contribution in [0, 0.1) is 0 Å². The van der Waals surface area contributed by atoms with Gasteiger partial charge in [0.15, 0.2) is 40.2 Å². The Morgan fingerprint density at radius 1 is 0.774 bits per heavy atom. The minimum atomic E-state index is -1.80. The SMILES string of the molecule is CCNC[C@@H](c1cc(O)c(O)c(O)c1)[C@@H](OC(=O)C=Cc1cc(O)c(O)c2c1C=C(c1cc(O)c(O)c3c1-c1cccc(O)c1CCC3)CC2)C(=O)O. The Morgan fingerprint density at radius 2 is 1.43 bits per heavy atom. The highest BCUT2D eigenvalue weighted by molar-refractivity contribution is 5.97. The first-order chi connectivity index (χ1) is 25.3. The maximum Gasteiger partial charge on any atom is 0.345 e. The monoisotopic (exact) mass is 725 g/mol. The lowest BCUT2D eigenvalue weighted by Gasteiger charge is -2.25. The molecule has 0 saturated heterocycles. The summed E-state index contributed by atoms with van der Waals surface area (Å²) in [5.41, 5.74) is 5.10. The summed E-state index contributed by atoms with van der Waals surface area (Å²) in [6, 6.07) is 9.99. The molecule has 0 amide bonds. The molecule has 0 unspecified atom stereocenters. The second kappa shape index (κ2) is 14.7. The molecule has 4 aromatic carbocycles. The van der Waals surface area contributed by atoms with Gasteiger partial charge in [-0.3, -0.25) is 0 Å². The van der Waals surface area contributed by atoms with Crippen LogP contribution in [-0.2, 0) is 33.6 Å². The predicted molar refractivity (Wildman–Crippen MR) is 194 cm³/mol. The number of rotatable bonds is 10. The number of hydrogen-bond donors (Lipinski definition) is 10. The molecule has 4 aromatic rings. The number of esters is 1. The normalized spacial score (nSPS) is 14.7. The molecule has 0 bridgehead atoms. The van der Waals surface area contributed by atoms with Gasteiger partial charge >= 0.3 is 11.9 Å².